The van der Waals surface area contributed by atoms with Crippen LogP contribution in [0.3, 0.4) is 0 Å². The summed E-state index contributed by atoms with van der Waals surface area (Å²) in [5.41, 5.74) is 3.70. The predicted octanol–water partition coefficient (Wildman–Crippen LogP) is 3.64. The molecule has 1 unspecified atom stereocenters. The number of aromatic nitrogens is 5. The van der Waals surface area contributed by atoms with Gasteiger partial charge in [-0.15, -0.1) is 11.3 Å². The van der Waals surface area contributed by atoms with Crippen molar-refractivity contribution in [2.24, 2.45) is 0 Å². The number of benzene rings is 1. The van der Waals surface area contributed by atoms with Gasteiger partial charge >= 0.3 is 0 Å². The highest BCUT2D eigenvalue weighted by molar-refractivity contribution is 7.09. The Labute approximate surface area is 167 Å². The Morgan fingerprint density at radius 1 is 1.07 bits per heavy atom. The molecule has 6 nitrogen and oxygen atoms in total. The number of thiazole rings is 1. The molecule has 0 amide bonds. The van der Waals surface area contributed by atoms with Crippen molar-refractivity contribution >= 4 is 17.3 Å². The van der Waals surface area contributed by atoms with Gasteiger partial charge in [-0.1, -0.05) is 24.3 Å². The van der Waals surface area contributed by atoms with E-state index in [0.29, 0.717) is 0 Å². The first kappa shape index (κ1) is 17.1. The van der Waals surface area contributed by atoms with Crippen LogP contribution in [0, 0.1) is 6.92 Å². The van der Waals surface area contributed by atoms with Crippen LogP contribution >= 0.6 is 11.3 Å². The molecule has 0 saturated carbocycles. The molecule has 0 bridgehead atoms. The van der Waals surface area contributed by atoms with E-state index >= 15 is 0 Å². The summed E-state index contributed by atoms with van der Waals surface area (Å²) in [6.07, 6.45) is 7.52. The van der Waals surface area contributed by atoms with E-state index in [1.54, 1.807) is 23.7 Å². The zero-order valence-corrected chi connectivity index (χ0v) is 16.4. The summed E-state index contributed by atoms with van der Waals surface area (Å²) in [7, 11) is 0. The third kappa shape index (κ3) is 3.18. The summed E-state index contributed by atoms with van der Waals surface area (Å²) >= 11 is 1.68. The molecule has 1 aliphatic heterocycles. The zero-order valence-electron chi connectivity index (χ0n) is 15.6. The monoisotopic (exact) mass is 388 g/mol. The van der Waals surface area contributed by atoms with Crippen LogP contribution in [0.25, 0.3) is 0 Å². The highest BCUT2D eigenvalue weighted by Gasteiger charge is 2.30. The van der Waals surface area contributed by atoms with Crippen molar-refractivity contribution in [1.29, 1.82) is 0 Å². The minimum atomic E-state index is 0.156. The van der Waals surface area contributed by atoms with Crippen molar-refractivity contribution in [2.75, 3.05) is 11.4 Å². The average Bonchev–Trinajstić information content (AvgIpc) is 3.37. The van der Waals surface area contributed by atoms with E-state index in [9.17, 15) is 0 Å². The van der Waals surface area contributed by atoms with Gasteiger partial charge in [-0.3, -0.25) is 0 Å². The zero-order chi connectivity index (χ0) is 18.9. The number of hydrogen-bond donors (Lipinski definition) is 0. The SMILES string of the molecule is Cc1nc(Cn2ccnc2C2CN(c3ncccn3)Cc3ccccc32)cs1. The van der Waals surface area contributed by atoms with E-state index in [4.69, 9.17) is 4.98 Å². The lowest BCUT2D eigenvalue weighted by Crippen LogP contribution is -2.36. The van der Waals surface area contributed by atoms with Crippen LogP contribution < -0.4 is 4.90 Å². The summed E-state index contributed by atoms with van der Waals surface area (Å²) < 4.78 is 2.21. The second-order valence-electron chi connectivity index (χ2n) is 6.95. The van der Waals surface area contributed by atoms with Crippen molar-refractivity contribution in [3.8, 4) is 0 Å². The van der Waals surface area contributed by atoms with Crippen LogP contribution in [0.2, 0.25) is 0 Å². The molecule has 4 heterocycles. The van der Waals surface area contributed by atoms with Gasteiger partial charge in [0.05, 0.1) is 23.2 Å². The van der Waals surface area contributed by atoms with E-state index in [1.165, 1.54) is 11.1 Å². The fourth-order valence-electron chi connectivity index (χ4n) is 3.85. The quantitative estimate of drug-likeness (QED) is 0.534. The standard InChI is InChI=1S/C21H20N6S/c1-15-25-17(14-28-15)12-26-10-9-22-20(26)19-13-27(21-23-7-4-8-24-21)11-16-5-2-3-6-18(16)19/h2-10,14,19H,11-13H2,1H3. The Hall–Kier alpha value is -3.06. The first-order valence-corrected chi connectivity index (χ1v) is 10.2. The number of imidazole rings is 1. The number of nitrogens with zero attached hydrogens (tertiary/aromatic N) is 6. The Morgan fingerprint density at radius 2 is 1.93 bits per heavy atom. The number of anilines is 1. The Bertz CT molecular complexity index is 1090. The van der Waals surface area contributed by atoms with Gasteiger partial charge in [-0.05, 0) is 24.1 Å². The predicted molar refractivity (Wildman–Crippen MR) is 110 cm³/mol. The normalized spacial score (nSPS) is 16.2. The first-order chi connectivity index (χ1) is 13.8. The third-order valence-electron chi connectivity index (χ3n) is 5.09. The summed E-state index contributed by atoms with van der Waals surface area (Å²) in [4.78, 5) is 20.5. The van der Waals surface area contributed by atoms with Crippen molar-refractivity contribution < 1.29 is 0 Å². The Kier molecular flexibility index (Phi) is 4.37. The smallest absolute Gasteiger partial charge is 0.225 e. The van der Waals surface area contributed by atoms with Crippen LogP contribution in [-0.2, 0) is 13.1 Å². The van der Waals surface area contributed by atoms with Gasteiger partial charge in [0, 0.05) is 43.3 Å². The molecular formula is C21H20N6S. The number of aryl methyl sites for hydroxylation is 1. The lowest BCUT2D eigenvalue weighted by atomic mass is 9.89. The Morgan fingerprint density at radius 3 is 2.75 bits per heavy atom. The van der Waals surface area contributed by atoms with Gasteiger partial charge in [-0.2, -0.15) is 0 Å². The fraction of sp³-hybridized carbons (Fsp3) is 0.238. The van der Waals surface area contributed by atoms with Crippen molar-refractivity contribution in [3.63, 3.8) is 0 Å². The first-order valence-electron chi connectivity index (χ1n) is 9.30. The molecule has 0 fully saturated rings. The van der Waals surface area contributed by atoms with E-state index in [2.05, 4.69) is 54.1 Å². The van der Waals surface area contributed by atoms with E-state index in [1.807, 2.05) is 25.4 Å². The highest BCUT2D eigenvalue weighted by atomic mass is 32.1. The second kappa shape index (κ2) is 7.16. The van der Waals surface area contributed by atoms with Gasteiger partial charge in [0.15, 0.2) is 0 Å². The molecule has 4 aromatic rings. The molecule has 28 heavy (non-hydrogen) atoms. The lowest BCUT2D eigenvalue weighted by molar-refractivity contribution is 0.591. The van der Waals surface area contributed by atoms with Crippen LogP contribution in [0.1, 0.15) is 33.6 Å². The molecule has 0 aliphatic carbocycles. The van der Waals surface area contributed by atoms with Crippen LogP contribution in [0.5, 0.6) is 0 Å². The van der Waals surface area contributed by atoms with Gasteiger partial charge < -0.3 is 9.47 Å². The molecule has 0 spiro atoms. The average molecular weight is 389 g/mol. The molecule has 0 saturated heterocycles. The fourth-order valence-corrected chi connectivity index (χ4v) is 4.46. The molecule has 7 heteroatoms. The largest absolute Gasteiger partial charge is 0.335 e. The second-order valence-corrected chi connectivity index (χ2v) is 8.01. The lowest BCUT2D eigenvalue weighted by Gasteiger charge is -2.34. The van der Waals surface area contributed by atoms with Crippen LogP contribution in [0.15, 0.2) is 60.5 Å². The number of fused-ring (bicyclic) bond motifs is 1. The minimum Gasteiger partial charge on any atom is -0.335 e. The molecule has 1 aliphatic rings. The van der Waals surface area contributed by atoms with Crippen LogP contribution in [-0.4, -0.2) is 31.0 Å². The van der Waals surface area contributed by atoms with Crippen molar-refractivity contribution in [1.82, 2.24) is 24.5 Å². The maximum Gasteiger partial charge on any atom is 0.225 e. The maximum absolute atomic E-state index is 4.74. The number of hydrogen-bond acceptors (Lipinski definition) is 6. The molecule has 0 N–H and O–H groups in total. The molecular weight excluding hydrogens is 368 g/mol. The van der Waals surface area contributed by atoms with E-state index in [-0.39, 0.29) is 5.92 Å². The highest BCUT2D eigenvalue weighted by Crippen LogP contribution is 2.34. The molecule has 5 rings (SSSR count). The molecule has 3 aromatic heterocycles. The van der Waals surface area contributed by atoms with Crippen molar-refractivity contribution in [2.45, 2.75) is 25.9 Å². The number of rotatable bonds is 4. The Balaban J connectivity index is 1.53. The molecule has 1 atom stereocenters. The van der Waals surface area contributed by atoms with E-state index in [0.717, 1.165) is 42.1 Å². The van der Waals surface area contributed by atoms with Crippen LogP contribution in [0.4, 0.5) is 5.95 Å². The topological polar surface area (TPSA) is 59.7 Å². The maximum atomic E-state index is 4.74. The van der Waals surface area contributed by atoms with Gasteiger partial charge in [-0.25, -0.2) is 19.9 Å². The minimum absolute atomic E-state index is 0.156. The van der Waals surface area contributed by atoms with Gasteiger partial charge in [0.25, 0.3) is 0 Å². The third-order valence-corrected chi connectivity index (χ3v) is 5.91. The summed E-state index contributed by atoms with van der Waals surface area (Å²) in [5, 5.41) is 3.21. The summed E-state index contributed by atoms with van der Waals surface area (Å²) in [6, 6.07) is 10.5. The summed E-state index contributed by atoms with van der Waals surface area (Å²) in [6.45, 7) is 4.38. The van der Waals surface area contributed by atoms with Crippen molar-refractivity contribution in [3.05, 3.63) is 88.2 Å². The van der Waals surface area contributed by atoms with Gasteiger partial charge in [0.2, 0.25) is 5.95 Å². The molecule has 0 radical (unpaired) electrons. The molecule has 1 aromatic carbocycles. The summed E-state index contributed by atoms with van der Waals surface area (Å²) in [5.74, 6) is 1.97. The van der Waals surface area contributed by atoms with Gasteiger partial charge in [0.1, 0.15) is 5.82 Å². The van der Waals surface area contributed by atoms with E-state index < -0.39 is 0 Å². The molecule has 140 valence electrons.